The fourth-order valence-electron chi connectivity index (χ4n) is 3.58. The van der Waals surface area contributed by atoms with Crippen LogP contribution in [0.2, 0.25) is 0 Å². The van der Waals surface area contributed by atoms with Crippen molar-refractivity contribution in [2.45, 2.75) is 65.2 Å². The van der Waals surface area contributed by atoms with E-state index in [1.165, 1.54) is 5.06 Å². The van der Waals surface area contributed by atoms with Crippen molar-refractivity contribution in [1.29, 1.82) is 0 Å². The molecule has 2 saturated heterocycles. The van der Waals surface area contributed by atoms with Crippen LogP contribution in [0.1, 0.15) is 48.0 Å². The minimum absolute atomic E-state index is 0.237. The predicted molar refractivity (Wildman–Crippen MR) is 103 cm³/mol. The number of hydrogen-bond donors (Lipinski definition) is 1. The lowest BCUT2D eigenvalue weighted by Crippen LogP contribution is -2.80. The molecule has 3 amide bonds. The van der Waals surface area contributed by atoms with Crippen LogP contribution in [0.3, 0.4) is 0 Å². The number of nitrogens with two attached hydrogens (primary N) is 1. The highest BCUT2D eigenvalue weighted by molar-refractivity contribution is 5.93. The summed E-state index contributed by atoms with van der Waals surface area (Å²) in [6.45, 7) is 13.7. The van der Waals surface area contributed by atoms with Gasteiger partial charge in [-0.25, -0.2) is 9.86 Å². The zero-order valence-electron chi connectivity index (χ0n) is 17.9. The second-order valence-electron chi connectivity index (χ2n) is 9.02. The van der Waals surface area contributed by atoms with Gasteiger partial charge in [0.1, 0.15) is 11.1 Å². The molecule has 2 aliphatic rings. The highest BCUT2D eigenvalue weighted by atomic mass is 16.7. The van der Waals surface area contributed by atoms with Crippen molar-refractivity contribution in [3.05, 3.63) is 0 Å². The first-order valence-corrected chi connectivity index (χ1v) is 9.90. The third kappa shape index (κ3) is 4.75. The van der Waals surface area contributed by atoms with Gasteiger partial charge >= 0.3 is 6.09 Å². The molecule has 160 valence electrons. The minimum atomic E-state index is -0.852. The molecule has 1 spiro atoms. The molecular formula is C19H34N4O5. The van der Waals surface area contributed by atoms with Crippen molar-refractivity contribution in [3.8, 4) is 0 Å². The number of carbonyl (C=O) groups excluding carboxylic acids is 3. The van der Waals surface area contributed by atoms with Gasteiger partial charge in [0, 0.05) is 19.6 Å². The number of amides is 3. The predicted octanol–water partition coefficient (Wildman–Crippen LogP) is 0.972. The number of piperazine rings is 1. The molecule has 2 N–H and O–H groups in total. The summed E-state index contributed by atoms with van der Waals surface area (Å²) in [5.41, 5.74) is 3.87. The van der Waals surface area contributed by atoms with E-state index in [1.54, 1.807) is 11.8 Å². The summed E-state index contributed by atoms with van der Waals surface area (Å²) in [7, 11) is 0. The first kappa shape index (κ1) is 22.4. The van der Waals surface area contributed by atoms with Crippen LogP contribution in [0.4, 0.5) is 4.79 Å². The number of nitrogens with zero attached hydrogens (tertiary/aromatic N) is 3. The zero-order chi connectivity index (χ0) is 21.3. The molecule has 2 rings (SSSR count). The molecule has 0 radical (unpaired) electrons. The topological polar surface area (TPSA) is 105 Å². The molecule has 9 nitrogen and oxygen atoms in total. The summed E-state index contributed by atoms with van der Waals surface area (Å²) in [4.78, 5) is 46.3. The Balaban J connectivity index is 2.15. The van der Waals surface area contributed by atoms with Gasteiger partial charge in [0.25, 0.3) is 5.91 Å². The van der Waals surface area contributed by atoms with E-state index >= 15 is 0 Å². The maximum absolute atomic E-state index is 13.1. The molecule has 9 heteroatoms. The SMILES string of the molecule is CCC(ON1CC2(CN(C(=O)OC(C)(C)C)CCN2CC(C)C)C1=O)C(N)=O. The standard InChI is InChI=1S/C19H34N4O5/c1-7-14(15(20)24)28-23-12-19(16(23)25)11-21(17(26)27-18(4,5)6)8-9-22(19)10-13(2)3/h13-14H,7-12H2,1-6H3,(H2,20,24). The molecule has 0 aromatic rings. The van der Waals surface area contributed by atoms with Gasteiger partial charge in [-0.15, -0.1) is 0 Å². The molecule has 2 aliphatic heterocycles. The Bertz CT molecular complexity index is 618. The van der Waals surface area contributed by atoms with E-state index in [1.807, 2.05) is 20.8 Å². The molecule has 0 aromatic carbocycles. The Morgan fingerprint density at radius 3 is 2.32 bits per heavy atom. The smallest absolute Gasteiger partial charge is 0.410 e. The number of rotatable bonds is 6. The van der Waals surface area contributed by atoms with Crippen LogP contribution in [-0.2, 0) is 19.2 Å². The zero-order valence-corrected chi connectivity index (χ0v) is 17.9. The van der Waals surface area contributed by atoms with Gasteiger partial charge in [0.15, 0.2) is 6.10 Å². The Kier molecular flexibility index (Phi) is 6.60. The molecule has 2 unspecified atom stereocenters. The van der Waals surface area contributed by atoms with Crippen molar-refractivity contribution < 1.29 is 24.0 Å². The molecular weight excluding hydrogens is 364 g/mol. The largest absolute Gasteiger partial charge is 0.444 e. The van der Waals surface area contributed by atoms with Crippen molar-refractivity contribution in [3.63, 3.8) is 0 Å². The van der Waals surface area contributed by atoms with E-state index < -0.39 is 29.2 Å². The second kappa shape index (κ2) is 8.24. The number of ether oxygens (including phenoxy) is 1. The van der Waals surface area contributed by atoms with Gasteiger partial charge in [-0.05, 0) is 33.1 Å². The highest BCUT2D eigenvalue weighted by Crippen LogP contribution is 2.35. The number of β-lactam (4-membered cyclic amide) rings is 1. The van der Waals surface area contributed by atoms with E-state index in [9.17, 15) is 14.4 Å². The van der Waals surface area contributed by atoms with Gasteiger partial charge < -0.3 is 15.4 Å². The van der Waals surface area contributed by atoms with E-state index in [0.717, 1.165) is 6.54 Å². The summed E-state index contributed by atoms with van der Waals surface area (Å²) in [5.74, 6) is -0.489. The fourth-order valence-corrected chi connectivity index (χ4v) is 3.58. The monoisotopic (exact) mass is 398 g/mol. The van der Waals surface area contributed by atoms with Crippen molar-refractivity contribution in [1.82, 2.24) is 14.9 Å². The molecule has 0 aliphatic carbocycles. The Labute approximate surface area is 167 Å². The summed E-state index contributed by atoms with van der Waals surface area (Å²) < 4.78 is 5.48. The normalized spacial score (nSPS) is 24.5. The maximum Gasteiger partial charge on any atom is 0.410 e. The number of hydroxylamine groups is 2. The van der Waals surface area contributed by atoms with Crippen molar-refractivity contribution in [2.24, 2.45) is 11.7 Å². The first-order valence-electron chi connectivity index (χ1n) is 9.90. The van der Waals surface area contributed by atoms with Gasteiger partial charge in [-0.3, -0.25) is 19.3 Å². The quantitative estimate of drug-likeness (QED) is 0.669. The Hall–Kier alpha value is -1.87. The molecule has 0 aromatic heterocycles. The number of carbonyl (C=O) groups is 3. The average Bonchev–Trinajstić information content (AvgIpc) is 2.56. The third-order valence-electron chi connectivity index (χ3n) is 4.91. The fraction of sp³-hybridized carbons (Fsp3) is 0.842. The van der Waals surface area contributed by atoms with Gasteiger partial charge in [-0.1, -0.05) is 20.8 Å². The maximum atomic E-state index is 13.1. The molecule has 0 saturated carbocycles. The van der Waals surface area contributed by atoms with E-state index in [4.69, 9.17) is 15.3 Å². The summed E-state index contributed by atoms with van der Waals surface area (Å²) in [6, 6.07) is 0. The Morgan fingerprint density at radius 2 is 1.86 bits per heavy atom. The Morgan fingerprint density at radius 1 is 1.21 bits per heavy atom. The van der Waals surface area contributed by atoms with Crippen LogP contribution < -0.4 is 5.73 Å². The molecule has 28 heavy (non-hydrogen) atoms. The lowest BCUT2D eigenvalue weighted by molar-refractivity contribution is -0.260. The van der Waals surface area contributed by atoms with Gasteiger partial charge in [-0.2, -0.15) is 0 Å². The van der Waals surface area contributed by atoms with Crippen LogP contribution in [0.15, 0.2) is 0 Å². The lowest BCUT2D eigenvalue weighted by Gasteiger charge is -2.57. The van der Waals surface area contributed by atoms with Gasteiger partial charge in [0.05, 0.1) is 13.1 Å². The van der Waals surface area contributed by atoms with E-state index in [2.05, 4.69) is 18.7 Å². The molecule has 2 atom stereocenters. The number of hydrogen-bond acceptors (Lipinski definition) is 6. The number of primary amides is 1. The van der Waals surface area contributed by atoms with Crippen LogP contribution in [0.25, 0.3) is 0 Å². The second-order valence-corrected chi connectivity index (χ2v) is 9.02. The van der Waals surface area contributed by atoms with E-state index in [0.29, 0.717) is 25.4 Å². The van der Waals surface area contributed by atoms with Crippen LogP contribution in [0, 0.1) is 5.92 Å². The molecule has 2 fully saturated rings. The summed E-state index contributed by atoms with van der Waals surface area (Å²) in [5, 5.41) is 1.20. The molecule has 2 heterocycles. The third-order valence-corrected chi connectivity index (χ3v) is 4.91. The first-order chi connectivity index (χ1) is 12.9. The minimum Gasteiger partial charge on any atom is -0.444 e. The molecule has 0 bridgehead atoms. The van der Waals surface area contributed by atoms with E-state index in [-0.39, 0.29) is 19.0 Å². The highest BCUT2D eigenvalue weighted by Gasteiger charge is 2.60. The van der Waals surface area contributed by atoms with Crippen LogP contribution in [0.5, 0.6) is 0 Å². The summed E-state index contributed by atoms with van der Waals surface area (Å²) in [6.07, 6.45) is -0.886. The van der Waals surface area contributed by atoms with Crippen molar-refractivity contribution in [2.75, 3.05) is 32.7 Å². The van der Waals surface area contributed by atoms with Gasteiger partial charge in [0.2, 0.25) is 5.91 Å². The summed E-state index contributed by atoms with van der Waals surface area (Å²) >= 11 is 0. The van der Waals surface area contributed by atoms with Crippen LogP contribution >= 0.6 is 0 Å². The van der Waals surface area contributed by atoms with Crippen molar-refractivity contribution >= 4 is 17.9 Å². The average molecular weight is 399 g/mol. The van der Waals surface area contributed by atoms with Crippen LogP contribution in [-0.4, -0.2) is 82.7 Å². The lowest BCUT2D eigenvalue weighted by atomic mass is 9.85.